The molecule has 1 N–H and O–H groups in total. The van der Waals surface area contributed by atoms with E-state index in [1.165, 1.54) is 6.20 Å². The zero-order valence-corrected chi connectivity index (χ0v) is 17.1. The van der Waals surface area contributed by atoms with Crippen LogP contribution < -0.4 is 10.3 Å². The van der Waals surface area contributed by atoms with Crippen molar-refractivity contribution >= 4 is 40.1 Å². The highest BCUT2D eigenvalue weighted by atomic mass is 35.5. The molecule has 1 saturated heterocycles. The summed E-state index contributed by atoms with van der Waals surface area (Å²) in [5.74, 6) is -1.04. The van der Waals surface area contributed by atoms with E-state index in [0.29, 0.717) is 48.5 Å². The van der Waals surface area contributed by atoms with Crippen LogP contribution in [-0.4, -0.2) is 52.6 Å². The smallest absolute Gasteiger partial charge is 0.341 e. The number of carboxylic acids is 1. The van der Waals surface area contributed by atoms with E-state index in [1.54, 1.807) is 6.07 Å². The first kappa shape index (κ1) is 19.8. The molecule has 0 bridgehead atoms. The van der Waals surface area contributed by atoms with Gasteiger partial charge in [-0.05, 0) is 31.4 Å². The van der Waals surface area contributed by atoms with Crippen LogP contribution >= 0.6 is 11.6 Å². The molecule has 0 atom stereocenters. The van der Waals surface area contributed by atoms with Crippen molar-refractivity contribution in [2.24, 2.45) is 0 Å². The van der Waals surface area contributed by atoms with E-state index in [9.17, 15) is 19.5 Å². The van der Waals surface area contributed by atoms with E-state index in [2.05, 4.69) is 4.90 Å². The Balaban J connectivity index is 1.70. The summed E-state index contributed by atoms with van der Waals surface area (Å²) >= 11 is 6.52. The Labute approximate surface area is 173 Å². The fourth-order valence-electron chi connectivity index (χ4n) is 3.98. The first-order valence-electron chi connectivity index (χ1n) is 10.0. The molecule has 1 aromatic heterocycles. The van der Waals surface area contributed by atoms with Gasteiger partial charge in [-0.3, -0.25) is 9.59 Å². The van der Waals surface area contributed by atoms with Crippen molar-refractivity contribution < 1.29 is 14.7 Å². The summed E-state index contributed by atoms with van der Waals surface area (Å²) in [6.45, 7) is 4.61. The quantitative estimate of drug-likeness (QED) is 0.808. The number of carbonyl (C=O) groups is 2. The van der Waals surface area contributed by atoms with Gasteiger partial charge in [0.2, 0.25) is 11.3 Å². The second kappa shape index (κ2) is 7.71. The number of fused-ring (bicyclic) bond motifs is 1. The van der Waals surface area contributed by atoms with Crippen molar-refractivity contribution in [3.63, 3.8) is 0 Å². The highest BCUT2D eigenvalue weighted by Crippen LogP contribution is 2.39. The van der Waals surface area contributed by atoms with E-state index < -0.39 is 11.4 Å². The summed E-state index contributed by atoms with van der Waals surface area (Å²) in [4.78, 5) is 40.3. The van der Waals surface area contributed by atoms with Crippen molar-refractivity contribution in [1.82, 2.24) is 9.47 Å². The number of halogens is 1. The minimum atomic E-state index is -1.22. The number of hydrogen-bond donors (Lipinski definition) is 1. The molecule has 1 amide bonds. The molecule has 2 fully saturated rings. The molecule has 29 heavy (non-hydrogen) atoms. The van der Waals surface area contributed by atoms with Crippen molar-refractivity contribution in [1.29, 1.82) is 0 Å². The predicted octanol–water partition coefficient (Wildman–Crippen LogP) is 3.14. The van der Waals surface area contributed by atoms with Crippen LogP contribution in [0.4, 0.5) is 5.69 Å². The number of aromatic nitrogens is 1. The van der Waals surface area contributed by atoms with Gasteiger partial charge in [0.05, 0.1) is 16.2 Å². The standard InChI is InChI=1S/C21H24ClN3O4/c1-2-3-19(26)24-8-6-23(7-9-24)18-11-17-14(10-16(18)22)20(27)15(21(28)29)12-25(17)13-4-5-13/h10-13H,2-9H2,1H3,(H,28,29). The number of carboxylic acid groups (broad SMARTS) is 1. The number of pyridine rings is 1. The molecule has 1 saturated carbocycles. The normalized spacial score (nSPS) is 17.0. The topological polar surface area (TPSA) is 82.8 Å². The van der Waals surface area contributed by atoms with E-state index in [4.69, 9.17) is 11.6 Å². The molecule has 2 aliphatic rings. The number of carbonyl (C=O) groups excluding carboxylic acids is 1. The monoisotopic (exact) mass is 417 g/mol. The van der Waals surface area contributed by atoms with Crippen LogP contribution in [0.1, 0.15) is 49.0 Å². The molecule has 0 radical (unpaired) electrons. The van der Waals surface area contributed by atoms with Crippen LogP contribution in [0.3, 0.4) is 0 Å². The molecule has 0 unspecified atom stereocenters. The van der Waals surface area contributed by atoms with Gasteiger partial charge in [-0.1, -0.05) is 18.5 Å². The number of aromatic carboxylic acids is 1. The van der Waals surface area contributed by atoms with Gasteiger partial charge in [-0.2, -0.15) is 0 Å². The highest BCUT2D eigenvalue weighted by Gasteiger charge is 2.28. The fourth-order valence-corrected chi connectivity index (χ4v) is 4.26. The molecule has 1 aromatic carbocycles. The lowest BCUT2D eigenvalue weighted by Crippen LogP contribution is -2.48. The zero-order chi connectivity index (χ0) is 20.7. The third-order valence-electron chi connectivity index (χ3n) is 5.71. The van der Waals surface area contributed by atoms with E-state index in [-0.39, 0.29) is 17.5 Å². The first-order valence-corrected chi connectivity index (χ1v) is 10.4. The van der Waals surface area contributed by atoms with Gasteiger partial charge < -0.3 is 19.5 Å². The van der Waals surface area contributed by atoms with Crippen LogP contribution in [-0.2, 0) is 4.79 Å². The van der Waals surface area contributed by atoms with E-state index in [1.807, 2.05) is 22.5 Å². The number of rotatable bonds is 5. The van der Waals surface area contributed by atoms with E-state index in [0.717, 1.165) is 24.9 Å². The number of piperazine rings is 1. The van der Waals surface area contributed by atoms with E-state index >= 15 is 0 Å². The average molecular weight is 418 g/mol. The summed E-state index contributed by atoms with van der Waals surface area (Å²) in [6, 6.07) is 3.70. The summed E-state index contributed by atoms with van der Waals surface area (Å²) in [5, 5.41) is 10.2. The molecule has 2 aromatic rings. The predicted molar refractivity (Wildman–Crippen MR) is 112 cm³/mol. The van der Waals surface area contributed by atoms with Crippen LogP contribution in [0.25, 0.3) is 10.9 Å². The molecule has 4 rings (SSSR count). The molecule has 154 valence electrons. The second-order valence-electron chi connectivity index (χ2n) is 7.75. The van der Waals surface area contributed by atoms with Crippen molar-refractivity contribution in [2.75, 3.05) is 31.1 Å². The Morgan fingerprint density at radius 1 is 1.17 bits per heavy atom. The number of anilines is 1. The Bertz CT molecular complexity index is 1040. The average Bonchev–Trinajstić information content (AvgIpc) is 3.53. The Hall–Kier alpha value is -2.54. The zero-order valence-electron chi connectivity index (χ0n) is 16.4. The maximum Gasteiger partial charge on any atom is 0.341 e. The van der Waals surface area contributed by atoms with Gasteiger partial charge in [0.1, 0.15) is 5.56 Å². The van der Waals surface area contributed by atoms with Crippen LogP contribution in [0.2, 0.25) is 5.02 Å². The largest absolute Gasteiger partial charge is 0.477 e. The lowest BCUT2D eigenvalue weighted by atomic mass is 10.1. The maximum absolute atomic E-state index is 12.7. The number of benzene rings is 1. The SMILES string of the molecule is CCCC(=O)N1CCN(c2cc3c(cc2Cl)c(=O)c(C(=O)O)cn3C2CC2)CC1. The Kier molecular flexibility index (Phi) is 5.25. The molecule has 1 aliphatic heterocycles. The Morgan fingerprint density at radius 3 is 2.45 bits per heavy atom. The van der Waals surface area contributed by atoms with Crippen molar-refractivity contribution in [3.8, 4) is 0 Å². The number of nitrogens with zero attached hydrogens (tertiary/aromatic N) is 3. The molecule has 1 aliphatic carbocycles. The maximum atomic E-state index is 12.7. The summed E-state index contributed by atoms with van der Waals surface area (Å²) in [7, 11) is 0. The minimum absolute atomic E-state index is 0.181. The lowest BCUT2D eigenvalue weighted by molar-refractivity contribution is -0.131. The minimum Gasteiger partial charge on any atom is -0.477 e. The van der Waals surface area contributed by atoms with Crippen molar-refractivity contribution in [3.05, 3.63) is 39.1 Å². The molecule has 7 nitrogen and oxygen atoms in total. The van der Waals surface area contributed by atoms with Crippen LogP contribution in [0, 0.1) is 0 Å². The third-order valence-corrected chi connectivity index (χ3v) is 6.01. The number of amides is 1. The molecule has 0 spiro atoms. The summed E-state index contributed by atoms with van der Waals surface area (Å²) < 4.78 is 1.90. The van der Waals surface area contributed by atoms with Gasteiger partial charge in [-0.15, -0.1) is 0 Å². The fraction of sp³-hybridized carbons (Fsp3) is 0.476. The van der Waals surface area contributed by atoms with Crippen LogP contribution in [0.5, 0.6) is 0 Å². The van der Waals surface area contributed by atoms with Crippen molar-refractivity contribution in [2.45, 2.75) is 38.6 Å². The van der Waals surface area contributed by atoms with Gasteiger partial charge >= 0.3 is 5.97 Å². The molecular formula is C21H24ClN3O4. The molecule has 8 heteroatoms. The van der Waals surface area contributed by atoms with Gasteiger partial charge in [0.25, 0.3) is 0 Å². The molecular weight excluding hydrogens is 394 g/mol. The van der Waals surface area contributed by atoms with Gasteiger partial charge in [-0.25, -0.2) is 4.79 Å². The third kappa shape index (κ3) is 3.71. The van der Waals surface area contributed by atoms with Gasteiger partial charge in [0.15, 0.2) is 0 Å². The molecule has 2 heterocycles. The Morgan fingerprint density at radius 2 is 1.86 bits per heavy atom. The van der Waals surface area contributed by atoms with Gasteiger partial charge in [0, 0.05) is 50.2 Å². The first-order chi connectivity index (χ1) is 13.9. The number of hydrogen-bond acceptors (Lipinski definition) is 4. The highest BCUT2D eigenvalue weighted by molar-refractivity contribution is 6.34. The second-order valence-corrected chi connectivity index (χ2v) is 8.16. The van der Waals surface area contributed by atoms with Crippen LogP contribution in [0.15, 0.2) is 23.1 Å². The summed E-state index contributed by atoms with van der Waals surface area (Å²) in [6.07, 6.45) is 4.80. The summed E-state index contributed by atoms with van der Waals surface area (Å²) in [5.41, 5.74) is 0.800. The lowest BCUT2D eigenvalue weighted by Gasteiger charge is -2.36.